The van der Waals surface area contributed by atoms with Gasteiger partial charge in [-0.15, -0.1) is 0 Å². The number of likely N-dealkylation sites (tertiary alicyclic amines) is 1. The zero-order chi connectivity index (χ0) is 17.6. The number of hydrogen-bond donors (Lipinski definition) is 1. The summed E-state index contributed by atoms with van der Waals surface area (Å²) in [6, 6.07) is 8.74. The van der Waals surface area contributed by atoms with Gasteiger partial charge in [0.25, 0.3) is 5.91 Å². The molecule has 0 radical (unpaired) electrons. The van der Waals surface area contributed by atoms with Gasteiger partial charge in [0, 0.05) is 29.7 Å². The van der Waals surface area contributed by atoms with Crippen LogP contribution in [0.5, 0.6) is 0 Å². The maximum absolute atomic E-state index is 12.6. The third-order valence-electron chi connectivity index (χ3n) is 5.39. The number of aromatic nitrogens is 1. The van der Waals surface area contributed by atoms with E-state index >= 15 is 0 Å². The first-order valence-corrected chi connectivity index (χ1v) is 8.61. The standard InChI is InChI=1S/C18H17ClN2O4/c19-12-3-1-11(2-4-12)15-9-14(20-25-15)16(22)21-7-5-18(6-8-21)10-13(18)17(23)24/h1-4,9,13H,5-8,10H2,(H,23,24). The highest BCUT2D eigenvalue weighted by Gasteiger charge is 2.59. The first kappa shape index (κ1) is 16.1. The van der Waals surface area contributed by atoms with Crippen LogP contribution in [0.25, 0.3) is 11.3 Å². The van der Waals surface area contributed by atoms with E-state index in [9.17, 15) is 9.59 Å². The van der Waals surface area contributed by atoms with Gasteiger partial charge < -0.3 is 14.5 Å². The minimum absolute atomic E-state index is 0.0963. The number of carboxylic acids is 1. The van der Waals surface area contributed by atoms with Gasteiger partial charge in [0.1, 0.15) is 0 Å². The van der Waals surface area contributed by atoms with Crippen molar-refractivity contribution in [2.24, 2.45) is 11.3 Å². The number of amides is 1. The van der Waals surface area contributed by atoms with Crippen molar-refractivity contribution in [1.29, 1.82) is 0 Å². The molecular weight excluding hydrogens is 344 g/mol. The Hall–Kier alpha value is -2.34. The summed E-state index contributed by atoms with van der Waals surface area (Å²) in [6.45, 7) is 1.12. The minimum Gasteiger partial charge on any atom is -0.481 e. The lowest BCUT2D eigenvalue weighted by Crippen LogP contribution is -2.40. The van der Waals surface area contributed by atoms with Gasteiger partial charge in [-0.3, -0.25) is 9.59 Å². The summed E-state index contributed by atoms with van der Waals surface area (Å²) < 4.78 is 5.29. The zero-order valence-electron chi connectivity index (χ0n) is 13.4. The van der Waals surface area contributed by atoms with Crippen molar-refractivity contribution < 1.29 is 19.2 Å². The number of halogens is 1. The van der Waals surface area contributed by atoms with Crippen LogP contribution in [0, 0.1) is 11.3 Å². The van der Waals surface area contributed by atoms with E-state index in [1.165, 1.54) is 0 Å². The lowest BCUT2D eigenvalue weighted by Gasteiger charge is -2.32. The molecule has 2 aliphatic rings. The molecular formula is C18H17ClN2O4. The zero-order valence-corrected chi connectivity index (χ0v) is 14.2. The number of rotatable bonds is 3. The average Bonchev–Trinajstić information content (AvgIpc) is 3.09. The summed E-state index contributed by atoms with van der Waals surface area (Å²) in [4.78, 5) is 25.5. The summed E-state index contributed by atoms with van der Waals surface area (Å²) in [7, 11) is 0. The molecule has 1 atom stereocenters. The van der Waals surface area contributed by atoms with Crippen LogP contribution < -0.4 is 0 Å². The van der Waals surface area contributed by atoms with Gasteiger partial charge in [-0.1, -0.05) is 16.8 Å². The molecule has 2 heterocycles. The Morgan fingerprint density at radius 2 is 1.92 bits per heavy atom. The van der Waals surface area contributed by atoms with Crippen molar-refractivity contribution in [3.05, 3.63) is 41.0 Å². The maximum Gasteiger partial charge on any atom is 0.307 e. The van der Waals surface area contributed by atoms with E-state index in [2.05, 4.69) is 5.16 Å². The molecule has 1 N–H and O–H groups in total. The molecule has 25 heavy (non-hydrogen) atoms. The summed E-state index contributed by atoms with van der Waals surface area (Å²) in [5.74, 6) is -0.620. The molecule has 1 aliphatic heterocycles. The smallest absolute Gasteiger partial charge is 0.307 e. The Bertz CT molecular complexity index is 822. The van der Waals surface area contributed by atoms with Gasteiger partial charge in [0.2, 0.25) is 0 Å². The monoisotopic (exact) mass is 360 g/mol. The second-order valence-electron chi connectivity index (χ2n) is 6.83. The largest absolute Gasteiger partial charge is 0.481 e. The summed E-state index contributed by atoms with van der Waals surface area (Å²) in [5.41, 5.74) is 0.975. The maximum atomic E-state index is 12.6. The van der Waals surface area contributed by atoms with Crippen molar-refractivity contribution in [3.63, 3.8) is 0 Å². The van der Waals surface area contributed by atoms with E-state index in [0.717, 1.165) is 24.8 Å². The molecule has 2 fully saturated rings. The lowest BCUT2D eigenvalue weighted by molar-refractivity contribution is -0.139. The second-order valence-corrected chi connectivity index (χ2v) is 7.27. The number of benzene rings is 1. The van der Waals surface area contributed by atoms with Crippen LogP contribution >= 0.6 is 11.6 Å². The number of aliphatic carboxylic acids is 1. The summed E-state index contributed by atoms with van der Waals surface area (Å²) >= 11 is 5.87. The minimum atomic E-state index is -0.719. The number of carbonyl (C=O) groups excluding carboxylic acids is 1. The molecule has 1 unspecified atom stereocenters. The normalized spacial score (nSPS) is 21.3. The van der Waals surface area contributed by atoms with E-state index in [-0.39, 0.29) is 22.9 Å². The highest BCUT2D eigenvalue weighted by atomic mass is 35.5. The van der Waals surface area contributed by atoms with Crippen molar-refractivity contribution >= 4 is 23.5 Å². The van der Waals surface area contributed by atoms with E-state index in [0.29, 0.717) is 23.9 Å². The first-order chi connectivity index (χ1) is 12.0. The van der Waals surface area contributed by atoms with Crippen LogP contribution in [0.15, 0.2) is 34.9 Å². The Kier molecular flexibility index (Phi) is 3.80. The first-order valence-electron chi connectivity index (χ1n) is 8.23. The number of carbonyl (C=O) groups is 2. The molecule has 6 nitrogen and oxygen atoms in total. The third-order valence-corrected chi connectivity index (χ3v) is 5.64. The number of hydrogen-bond acceptors (Lipinski definition) is 4. The Morgan fingerprint density at radius 3 is 2.52 bits per heavy atom. The van der Waals surface area contributed by atoms with Gasteiger partial charge in [-0.2, -0.15) is 0 Å². The van der Waals surface area contributed by atoms with Gasteiger partial charge in [0.05, 0.1) is 5.92 Å². The highest BCUT2D eigenvalue weighted by molar-refractivity contribution is 6.30. The van der Waals surface area contributed by atoms with Crippen LogP contribution in [-0.4, -0.2) is 40.1 Å². The van der Waals surface area contributed by atoms with Crippen molar-refractivity contribution in [2.75, 3.05) is 13.1 Å². The molecule has 1 spiro atoms. The van der Waals surface area contributed by atoms with E-state index in [4.69, 9.17) is 21.2 Å². The predicted octanol–water partition coefficient (Wildman–Crippen LogP) is 3.32. The van der Waals surface area contributed by atoms with Gasteiger partial charge in [-0.25, -0.2) is 0 Å². The van der Waals surface area contributed by atoms with Crippen molar-refractivity contribution in [3.8, 4) is 11.3 Å². The summed E-state index contributed by atoms with van der Waals surface area (Å²) in [5, 5.41) is 13.7. The summed E-state index contributed by atoms with van der Waals surface area (Å²) in [6.07, 6.45) is 2.20. The molecule has 0 bridgehead atoms. The average molecular weight is 361 g/mol. The highest BCUT2D eigenvalue weighted by Crippen LogP contribution is 2.59. The van der Waals surface area contributed by atoms with Gasteiger partial charge in [-0.05, 0) is 48.9 Å². The van der Waals surface area contributed by atoms with Crippen molar-refractivity contribution in [2.45, 2.75) is 19.3 Å². The molecule has 2 aromatic rings. The SMILES string of the molecule is O=C(O)C1CC12CCN(C(=O)c1cc(-c3ccc(Cl)cc3)on1)CC2. The molecule has 1 aliphatic carbocycles. The Morgan fingerprint density at radius 1 is 1.24 bits per heavy atom. The van der Waals surface area contributed by atoms with Crippen LogP contribution in [0.1, 0.15) is 29.8 Å². The van der Waals surface area contributed by atoms with Crippen LogP contribution in [0.3, 0.4) is 0 Å². The second kappa shape index (κ2) is 5.88. The van der Waals surface area contributed by atoms with E-state index < -0.39 is 5.97 Å². The fourth-order valence-corrected chi connectivity index (χ4v) is 3.82. The molecule has 130 valence electrons. The lowest BCUT2D eigenvalue weighted by atomic mass is 9.90. The molecule has 1 saturated heterocycles. The number of nitrogens with zero attached hydrogens (tertiary/aromatic N) is 2. The van der Waals surface area contributed by atoms with Gasteiger partial charge >= 0.3 is 5.97 Å². The Labute approximate surface area is 149 Å². The molecule has 1 aromatic carbocycles. The topological polar surface area (TPSA) is 83.6 Å². The van der Waals surface area contributed by atoms with Crippen LogP contribution in [0.4, 0.5) is 0 Å². The van der Waals surface area contributed by atoms with Gasteiger partial charge in [0.15, 0.2) is 11.5 Å². The van der Waals surface area contributed by atoms with E-state index in [1.807, 2.05) is 0 Å². The molecule has 1 amide bonds. The van der Waals surface area contributed by atoms with E-state index in [1.54, 1.807) is 35.2 Å². The molecule has 1 saturated carbocycles. The molecule has 4 rings (SSSR count). The molecule has 1 aromatic heterocycles. The van der Waals surface area contributed by atoms with Crippen molar-refractivity contribution in [1.82, 2.24) is 10.1 Å². The fraction of sp³-hybridized carbons (Fsp3) is 0.389. The predicted molar refractivity (Wildman–Crippen MR) is 90.3 cm³/mol. The fourth-order valence-electron chi connectivity index (χ4n) is 3.69. The number of piperidine rings is 1. The quantitative estimate of drug-likeness (QED) is 0.907. The molecule has 7 heteroatoms. The third kappa shape index (κ3) is 2.91. The van der Waals surface area contributed by atoms with Crippen LogP contribution in [-0.2, 0) is 4.79 Å². The number of carboxylic acid groups (broad SMARTS) is 1. The van der Waals surface area contributed by atoms with Crippen LogP contribution in [0.2, 0.25) is 5.02 Å². The Balaban J connectivity index is 1.42.